The Balaban J connectivity index is 2.42. The summed E-state index contributed by atoms with van der Waals surface area (Å²) in [6, 6.07) is 0. The van der Waals surface area contributed by atoms with E-state index in [0.29, 0.717) is 11.3 Å². The van der Waals surface area contributed by atoms with E-state index in [1.165, 1.54) is 33.9 Å². The summed E-state index contributed by atoms with van der Waals surface area (Å²) in [7, 11) is 0. The average molecular weight is 204 g/mol. The molecule has 0 aromatic carbocycles. The molecular weight excluding hydrogens is 200 g/mol. The van der Waals surface area contributed by atoms with Crippen LogP contribution in [0.25, 0.3) is 11.3 Å². The van der Waals surface area contributed by atoms with E-state index in [9.17, 15) is 10.1 Å². The van der Waals surface area contributed by atoms with Gasteiger partial charge in [0.25, 0.3) is 6.20 Å². The van der Waals surface area contributed by atoms with Crippen LogP contribution < -0.4 is 9.73 Å². The molecule has 3 rings (SSSR count). The summed E-state index contributed by atoms with van der Waals surface area (Å²) in [6.07, 6.45) is 5.69. The van der Waals surface area contributed by atoms with Crippen LogP contribution in [0.1, 0.15) is 0 Å². The summed E-state index contributed by atoms with van der Waals surface area (Å²) >= 11 is 0. The summed E-state index contributed by atoms with van der Waals surface area (Å²) in [5.41, 5.74) is 0.910. The van der Waals surface area contributed by atoms with Crippen LogP contribution in [0.3, 0.4) is 0 Å². The molecule has 3 aromatic heterocycles. The Morgan fingerprint density at radius 3 is 3.07 bits per heavy atom. The van der Waals surface area contributed by atoms with Gasteiger partial charge in [-0.2, -0.15) is 4.52 Å². The molecule has 74 valence electrons. The lowest BCUT2D eigenvalue weighted by atomic mass is 10.6. The van der Waals surface area contributed by atoms with Gasteiger partial charge in [0.05, 0.1) is 11.1 Å². The van der Waals surface area contributed by atoms with E-state index >= 15 is 0 Å². The van der Waals surface area contributed by atoms with Gasteiger partial charge >= 0.3 is 5.69 Å². The monoisotopic (exact) mass is 204 g/mol. The van der Waals surface area contributed by atoms with Gasteiger partial charge in [0.15, 0.2) is 5.65 Å². The van der Waals surface area contributed by atoms with Crippen molar-refractivity contribution in [2.75, 3.05) is 0 Å². The first-order chi connectivity index (χ1) is 7.25. The molecule has 0 aliphatic carbocycles. The second-order valence-corrected chi connectivity index (χ2v) is 2.91. The number of rotatable bonds is 1. The SMILES string of the molecule is O=[N+]([O-])c1cn2c3nccnc3[n-][n+]2c1. The highest BCUT2D eigenvalue weighted by molar-refractivity contribution is 5.62. The van der Waals surface area contributed by atoms with Gasteiger partial charge in [-0.25, -0.2) is 4.98 Å². The third-order valence-electron chi connectivity index (χ3n) is 2.01. The second kappa shape index (κ2) is 2.50. The van der Waals surface area contributed by atoms with E-state index in [2.05, 4.69) is 15.1 Å². The maximum atomic E-state index is 10.5. The number of aromatic nitrogens is 5. The third kappa shape index (κ3) is 0.980. The highest BCUT2D eigenvalue weighted by atomic mass is 16.6. The number of nitro groups is 1. The molecular formula is C7H4N6O2. The van der Waals surface area contributed by atoms with E-state index in [-0.39, 0.29) is 5.69 Å². The van der Waals surface area contributed by atoms with E-state index < -0.39 is 4.92 Å². The summed E-state index contributed by atoms with van der Waals surface area (Å²) in [6.45, 7) is 0. The van der Waals surface area contributed by atoms with Crippen molar-refractivity contribution in [1.29, 1.82) is 0 Å². The molecule has 0 aliphatic heterocycles. The first-order valence-corrected chi connectivity index (χ1v) is 4.08. The fourth-order valence-corrected chi connectivity index (χ4v) is 1.38. The van der Waals surface area contributed by atoms with E-state index in [4.69, 9.17) is 0 Å². The van der Waals surface area contributed by atoms with E-state index in [1.54, 1.807) is 0 Å². The Morgan fingerprint density at radius 1 is 1.47 bits per heavy atom. The van der Waals surface area contributed by atoms with Gasteiger partial charge < -0.3 is 4.98 Å². The van der Waals surface area contributed by atoms with Crippen molar-refractivity contribution in [2.45, 2.75) is 0 Å². The van der Waals surface area contributed by atoms with Gasteiger partial charge in [0.2, 0.25) is 0 Å². The van der Waals surface area contributed by atoms with Crippen molar-refractivity contribution in [3.8, 4) is 0 Å². The second-order valence-electron chi connectivity index (χ2n) is 2.91. The number of hydrogen-bond acceptors (Lipinski definition) is 4. The molecule has 0 bridgehead atoms. The molecule has 8 nitrogen and oxygen atoms in total. The van der Waals surface area contributed by atoms with Gasteiger partial charge in [-0.3, -0.25) is 10.1 Å². The zero-order valence-corrected chi connectivity index (χ0v) is 7.31. The Morgan fingerprint density at radius 2 is 2.27 bits per heavy atom. The molecule has 0 unspecified atom stereocenters. The topological polar surface area (TPSA) is 91.5 Å². The van der Waals surface area contributed by atoms with Gasteiger partial charge in [0.1, 0.15) is 5.65 Å². The molecule has 0 radical (unpaired) electrons. The van der Waals surface area contributed by atoms with Gasteiger partial charge in [0, 0.05) is 6.20 Å². The summed E-state index contributed by atoms with van der Waals surface area (Å²) in [5.74, 6) is 0. The molecule has 0 saturated carbocycles. The molecule has 0 fully saturated rings. The van der Waals surface area contributed by atoms with Gasteiger partial charge in [-0.05, 0) is 6.20 Å². The number of hydrogen-bond donors (Lipinski definition) is 0. The van der Waals surface area contributed by atoms with Crippen LogP contribution in [0.2, 0.25) is 0 Å². The van der Waals surface area contributed by atoms with Gasteiger partial charge in [-0.1, -0.05) is 4.63 Å². The molecule has 3 heterocycles. The standard InChI is InChI=1S/C7H4N6O2/c14-13(15)5-3-11-7-6(8-1-2-9-7)10-12(11)4-5/h1-4H. The fraction of sp³-hybridized carbons (Fsp3) is 0. The molecule has 0 spiro atoms. The van der Waals surface area contributed by atoms with Crippen molar-refractivity contribution in [3.63, 3.8) is 0 Å². The van der Waals surface area contributed by atoms with Gasteiger partial charge in [-0.15, -0.1) is 5.10 Å². The molecule has 0 atom stereocenters. The average Bonchev–Trinajstić information content (AvgIpc) is 2.73. The van der Waals surface area contributed by atoms with Crippen LogP contribution in [0.15, 0.2) is 24.8 Å². The Hall–Kier alpha value is -2.51. The normalized spacial score (nSPS) is 11.2. The number of fused-ring (bicyclic) bond motifs is 3. The Bertz CT molecular complexity index is 668. The third-order valence-corrected chi connectivity index (χ3v) is 2.01. The summed E-state index contributed by atoms with van der Waals surface area (Å²) < 4.78 is 2.81. The van der Waals surface area contributed by atoms with Crippen molar-refractivity contribution < 1.29 is 9.55 Å². The highest BCUT2D eigenvalue weighted by Crippen LogP contribution is 2.09. The van der Waals surface area contributed by atoms with E-state index in [0.717, 1.165) is 0 Å². The molecule has 0 saturated heterocycles. The first-order valence-electron chi connectivity index (χ1n) is 4.08. The lowest BCUT2D eigenvalue weighted by Crippen LogP contribution is -2.28. The molecule has 0 N–H and O–H groups in total. The van der Waals surface area contributed by atoms with Crippen molar-refractivity contribution in [1.82, 2.24) is 19.6 Å². The molecule has 0 aliphatic rings. The minimum Gasteiger partial charge on any atom is -0.361 e. The molecule has 15 heavy (non-hydrogen) atoms. The zero-order valence-electron chi connectivity index (χ0n) is 7.31. The molecule has 3 aromatic rings. The fourth-order valence-electron chi connectivity index (χ4n) is 1.38. The van der Waals surface area contributed by atoms with Crippen molar-refractivity contribution >= 4 is 17.0 Å². The zero-order chi connectivity index (χ0) is 10.4. The number of nitrogens with zero attached hydrogens (tertiary/aromatic N) is 6. The lowest BCUT2D eigenvalue weighted by molar-refractivity contribution is -0.675. The Labute approximate surface area is 81.9 Å². The lowest BCUT2D eigenvalue weighted by Gasteiger charge is -1.87. The van der Waals surface area contributed by atoms with Crippen LogP contribution in [0, 0.1) is 10.1 Å². The summed E-state index contributed by atoms with van der Waals surface area (Å²) in [4.78, 5) is 18.1. The van der Waals surface area contributed by atoms with Crippen LogP contribution in [0.4, 0.5) is 5.69 Å². The van der Waals surface area contributed by atoms with Crippen LogP contribution in [-0.4, -0.2) is 19.4 Å². The molecule has 8 heteroatoms. The van der Waals surface area contributed by atoms with Crippen molar-refractivity contribution in [3.05, 3.63) is 34.9 Å². The van der Waals surface area contributed by atoms with Crippen LogP contribution >= 0.6 is 0 Å². The molecule has 0 amide bonds. The summed E-state index contributed by atoms with van der Waals surface area (Å²) in [5, 5.41) is 14.5. The maximum absolute atomic E-state index is 10.5. The van der Waals surface area contributed by atoms with E-state index in [1.807, 2.05) is 0 Å². The minimum absolute atomic E-state index is 0.0324. The van der Waals surface area contributed by atoms with Crippen LogP contribution in [-0.2, 0) is 0 Å². The quantitative estimate of drug-likeness (QED) is 0.298. The predicted molar refractivity (Wildman–Crippen MR) is 46.1 cm³/mol. The highest BCUT2D eigenvalue weighted by Gasteiger charge is 2.16. The Kier molecular flexibility index (Phi) is 1.31. The van der Waals surface area contributed by atoms with Crippen LogP contribution in [0.5, 0.6) is 0 Å². The smallest absolute Gasteiger partial charge is 0.343 e. The first kappa shape index (κ1) is 7.85. The predicted octanol–water partition coefficient (Wildman–Crippen LogP) is -0.667. The maximum Gasteiger partial charge on any atom is 0.343 e. The largest absolute Gasteiger partial charge is 0.361 e. The van der Waals surface area contributed by atoms with Crippen molar-refractivity contribution in [2.24, 2.45) is 0 Å². The minimum atomic E-state index is -0.482.